The number of hydrogen-bond acceptors (Lipinski definition) is 3. The predicted molar refractivity (Wildman–Crippen MR) is 87.9 cm³/mol. The summed E-state index contributed by atoms with van der Waals surface area (Å²) in [5.74, 6) is 0.945. The number of carbonyl (C=O) groups excluding carboxylic acids is 1. The molecule has 0 aliphatic carbocycles. The Morgan fingerprint density at radius 1 is 1.23 bits per heavy atom. The van der Waals surface area contributed by atoms with E-state index in [1.165, 1.54) is 7.11 Å². The predicted octanol–water partition coefficient (Wildman–Crippen LogP) is 3.93. The van der Waals surface area contributed by atoms with Crippen LogP contribution in [0.15, 0.2) is 42.5 Å². The summed E-state index contributed by atoms with van der Waals surface area (Å²) >= 11 is 5.93. The fourth-order valence-corrected chi connectivity index (χ4v) is 2.14. The summed E-state index contributed by atoms with van der Waals surface area (Å²) < 4.78 is 10.7. The number of aryl methyl sites for hydroxylation is 1. The molecule has 0 atom stereocenters. The minimum absolute atomic E-state index is 0.0805. The van der Waals surface area contributed by atoms with Crippen LogP contribution in [-0.4, -0.2) is 19.6 Å². The van der Waals surface area contributed by atoms with Crippen LogP contribution in [0.2, 0.25) is 5.02 Å². The van der Waals surface area contributed by atoms with Crippen molar-refractivity contribution < 1.29 is 14.3 Å². The average Bonchev–Trinajstić information content (AvgIpc) is 2.53. The number of hydrogen-bond donors (Lipinski definition) is 1. The summed E-state index contributed by atoms with van der Waals surface area (Å²) in [6, 6.07) is 12.7. The van der Waals surface area contributed by atoms with Crippen LogP contribution < -0.4 is 14.8 Å². The number of halogens is 1. The van der Waals surface area contributed by atoms with Gasteiger partial charge in [0.1, 0.15) is 11.5 Å². The molecule has 1 N–H and O–H groups in total. The average molecular weight is 320 g/mol. The minimum atomic E-state index is -0.275. The molecule has 0 saturated heterocycles. The highest BCUT2D eigenvalue weighted by atomic mass is 35.5. The first-order valence-corrected chi connectivity index (χ1v) is 7.35. The van der Waals surface area contributed by atoms with E-state index < -0.39 is 0 Å². The van der Waals surface area contributed by atoms with Crippen molar-refractivity contribution in [1.82, 2.24) is 0 Å². The molecule has 0 aromatic heterocycles. The van der Waals surface area contributed by atoms with Crippen molar-refractivity contribution >= 4 is 23.2 Å². The number of methoxy groups -OCH3 is 1. The smallest absolute Gasteiger partial charge is 0.262 e. The van der Waals surface area contributed by atoms with Crippen LogP contribution in [0.5, 0.6) is 11.5 Å². The van der Waals surface area contributed by atoms with E-state index in [0.717, 1.165) is 12.0 Å². The van der Waals surface area contributed by atoms with Crippen molar-refractivity contribution in [2.24, 2.45) is 0 Å². The maximum absolute atomic E-state index is 12.0. The molecule has 4 nitrogen and oxygen atoms in total. The van der Waals surface area contributed by atoms with E-state index in [-0.39, 0.29) is 12.5 Å². The van der Waals surface area contributed by atoms with E-state index in [2.05, 4.69) is 12.2 Å². The Morgan fingerprint density at radius 3 is 2.77 bits per heavy atom. The maximum atomic E-state index is 12.0. The Labute approximate surface area is 135 Å². The van der Waals surface area contributed by atoms with Crippen molar-refractivity contribution in [2.45, 2.75) is 13.3 Å². The number of anilines is 1. The van der Waals surface area contributed by atoms with Gasteiger partial charge in [0.15, 0.2) is 6.61 Å². The summed E-state index contributed by atoms with van der Waals surface area (Å²) in [5, 5.41) is 3.25. The van der Waals surface area contributed by atoms with Crippen molar-refractivity contribution in [1.29, 1.82) is 0 Å². The summed E-state index contributed by atoms with van der Waals surface area (Å²) in [4.78, 5) is 12.0. The van der Waals surface area contributed by atoms with Gasteiger partial charge in [-0.15, -0.1) is 0 Å². The van der Waals surface area contributed by atoms with Crippen molar-refractivity contribution in [3.63, 3.8) is 0 Å². The molecular weight excluding hydrogens is 302 g/mol. The maximum Gasteiger partial charge on any atom is 0.262 e. The zero-order chi connectivity index (χ0) is 15.9. The largest absolute Gasteiger partial charge is 0.495 e. The molecule has 116 valence electrons. The van der Waals surface area contributed by atoms with Gasteiger partial charge in [0.05, 0.1) is 12.8 Å². The molecule has 22 heavy (non-hydrogen) atoms. The second-order valence-electron chi connectivity index (χ2n) is 4.68. The van der Waals surface area contributed by atoms with Gasteiger partial charge >= 0.3 is 0 Å². The van der Waals surface area contributed by atoms with Crippen LogP contribution in [0.25, 0.3) is 0 Å². The molecule has 0 aliphatic heterocycles. The normalized spacial score (nSPS) is 10.1. The Morgan fingerprint density at radius 2 is 2.05 bits per heavy atom. The first-order valence-electron chi connectivity index (χ1n) is 6.97. The molecule has 0 fully saturated rings. The molecule has 2 aromatic carbocycles. The molecule has 0 bridgehead atoms. The number of ether oxygens (including phenoxy) is 2. The highest BCUT2D eigenvalue weighted by Crippen LogP contribution is 2.27. The van der Waals surface area contributed by atoms with Crippen molar-refractivity contribution in [3.05, 3.63) is 53.1 Å². The summed E-state index contributed by atoms with van der Waals surface area (Å²) in [6.07, 6.45) is 0.920. The lowest BCUT2D eigenvalue weighted by Gasteiger charge is -2.11. The van der Waals surface area contributed by atoms with Gasteiger partial charge in [-0.25, -0.2) is 0 Å². The van der Waals surface area contributed by atoms with Gasteiger partial charge in [-0.1, -0.05) is 30.7 Å². The lowest BCUT2D eigenvalue weighted by Crippen LogP contribution is -2.20. The SMILES string of the molecule is CCc1cccc(OCC(=O)Nc2cc(Cl)ccc2OC)c1. The fraction of sp³-hybridized carbons (Fsp3) is 0.235. The van der Waals surface area contributed by atoms with Gasteiger partial charge in [-0.2, -0.15) is 0 Å². The second kappa shape index (κ2) is 7.71. The zero-order valence-corrected chi connectivity index (χ0v) is 13.3. The first kappa shape index (κ1) is 16.2. The van der Waals surface area contributed by atoms with Gasteiger partial charge in [0.25, 0.3) is 5.91 Å². The van der Waals surface area contributed by atoms with E-state index in [4.69, 9.17) is 21.1 Å². The lowest BCUT2D eigenvalue weighted by molar-refractivity contribution is -0.118. The van der Waals surface area contributed by atoms with Gasteiger partial charge in [-0.05, 0) is 42.3 Å². The summed E-state index contributed by atoms with van der Waals surface area (Å²) in [5.41, 5.74) is 1.68. The molecule has 2 rings (SSSR count). The van der Waals surface area contributed by atoms with E-state index in [0.29, 0.717) is 22.2 Å². The lowest BCUT2D eigenvalue weighted by atomic mass is 10.2. The van der Waals surface area contributed by atoms with E-state index in [1.807, 2.05) is 24.3 Å². The number of carbonyl (C=O) groups is 1. The number of benzene rings is 2. The Kier molecular flexibility index (Phi) is 5.67. The quantitative estimate of drug-likeness (QED) is 0.877. The highest BCUT2D eigenvalue weighted by molar-refractivity contribution is 6.31. The number of amides is 1. The topological polar surface area (TPSA) is 47.6 Å². The molecule has 0 aliphatic rings. The van der Waals surface area contributed by atoms with Crippen LogP contribution >= 0.6 is 11.6 Å². The molecule has 1 amide bonds. The second-order valence-corrected chi connectivity index (χ2v) is 5.12. The van der Waals surface area contributed by atoms with Gasteiger partial charge in [-0.3, -0.25) is 4.79 Å². The van der Waals surface area contributed by atoms with Crippen LogP contribution in [-0.2, 0) is 11.2 Å². The summed E-state index contributed by atoms with van der Waals surface area (Å²) in [6.45, 7) is 1.99. The minimum Gasteiger partial charge on any atom is -0.495 e. The highest BCUT2D eigenvalue weighted by Gasteiger charge is 2.09. The molecule has 0 unspecified atom stereocenters. The zero-order valence-electron chi connectivity index (χ0n) is 12.6. The number of rotatable bonds is 6. The van der Waals surface area contributed by atoms with E-state index in [1.54, 1.807) is 18.2 Å². The molecular formula is C17H18ClNO3. The van der Waals surface area contributed by atoms with E-state index in [9.17, 15) is 4.79 Å². The number of nitrogens with one attached hydrogen (secondary N) is 1. The molecule has 0 radical (unpaired) electrons. The third kappa shape index (κ3) is 4.40. The first-order chi connectivity index (χ1) is 10.6. The van der Waals surface area contributed by atoms with Gasteiger partial charge in [0, 0.05) is 5.02 Å². The fourth-order valence-electron chi connectivity index (χ4n) is 1.97. The van der Waals surface area contributed by atoms with E-state index >= 15 is 0 Å². The molecule has 0 spiro atoms. The monoisotopic (exact) mass is 319 g/mol. The Bertz CT molecular complexity index is 658. The van der Waals surface area contributed by atoms with Crippen LogP contribution in [0.4, 0.5) is 5.69 Å². The van der Waals surface area contributed by atoms with Gasteiger partial charge < -0.3 is 14.8 Å². The Hall–Kier alpha value is -2.20. The van der Waals surface area contributed by atoms with Gasteiger partial charge in [0.2, 0.25) is 0 Å². The molecule has 0 saturated carbocycles. The third-order valence-corrected chi connectivity index (χ3v) is 3.35. The van der Waals surface area contributed by atoms with Crippen molar-refractivity contribution in [2.75, 3.05) is 19.0 Å². The van der Waals surface area contributed by atoms with Crippen LogP contribution in [0.1, 0.15) is 12.5 Å². The van der Waals surface area contributed by atoms with Crippen LogP contribution in [0, 0.1) is 0 Å². The molecule has 5 heteroatoms. The molecule has 0 heterocycles. The van der Waals surface area contributed by atoms with Crippen molar-refractivity contribution in [3.8, 4) is 11.5 Å². The molecule has 2 aromatic rings. The Balaban J connectivity index is 1.97. The van der Waals surface area contributed by atoms with Crippen LogP contribution in [0.3, 0.4) is 0 Å². The standard InChI is InChI=1S/C17H18ClNO3/c1-3-12-5-4-6-14(9-12)22-11-17(20)19-15-10-13(18)7-8-16(15)21-2/h4-10H,3,11H2,1-2H3,(H,19,20). The third-order valence-electron chi connectivity index (χ3n) is 3.11. The summed E-state index contributed by atoms with van der Waals surface area (Å²) in [7, 11) is 1.53.